The number of anilines is 3. The van der Waals surface area contributed by atoms with Crippen molar-refractivity contribution in [2.45, 2.75) is 0 Å². The van der Waals surface area contributed by atoms with Crippen molar-refractivity contribution in [3.05, 3.63) is 188 Å². The lowest BCUT2D eigenvalue weighted by Crippen LogP contribution is -2.10. The molecule has 0 spiro atoms. The number of hydrogen-bond donors (Lipinski definition) is 0. The summed E-state index contributed by atoms with van der Waals surface area (Å²) in [5.41, 5.74) is 10.0. The number of furan rings is 1. The number of rotatable bonds is 5. The van der Waals surface area contributed by atoms with Gasteiger partial charge in [0.05, 0.1) is 16.1 Å². The van der Waals surface area contributed by atoms with Crippen LogP contribution in [0, 0.1) is 0 Å². The Morgan fingerprint density at radius 2 is 0.981 bits per heavy atom. The molecule has 0 radical (unpaired) electrons. The summed E-state index contributed by atoms with van der Waals surface area (Å²) in [4.78, 5) is 2.45. The Labute approximate surface area is 310 Å². The maximum absolute atomic E-state index is 6.50. The predicted octanol–water partition coefficient (Wildman–Crippen LogP) is 15.1. The van der Waals surface area contributed by atoms with Gasteiger partial charge >= 0.3 is 0 Å². The number of para-hydroxylation sites is 1. The van der Waals surface area contributed by atoms with Gasteiger partial charge in [0.15, 0.2) is 0 Å². The van der Waals surface area contributed by atoms with Crippen LogP contribution in [0.5, 0.6) is 0 Å². The fourth-order valence-corrected chi connectivity index (χ4v) is 9.60. The molecule has 0 aliphatic carbocycles. The number of hydrogen-bond acceptors (Lipinski definition) is 3. The van der Waals surface area contributed by atoms with Crippen LogP contribution in [0.25, 0.3) is 85.9 Å². The molecular weight excluding hydrogens is 663 g/mol. The van der Waals surface area contributed by atoms with Crippen LogP contribution in [0.15, 0.2) is 192 Å². The van der Waals surface area contributed by atoms with Gasteiger partial charge in [-0.2, -0.15) is 0 Å². The molecule has 0 saturated carbocycles. The summed E-state index contributed by atoms with van der Waals surface area (Å²) in [5.74, 6) is 0. The van der Waals surface area contributed by atoms with Crippen LogP contribution in [0.2, 0.25) is 0 Å². The molecule has 0 fully saturated rings. The molecular formula is C50H31NOS. The first-order valence-corrected chi connectivity index (χ1v) is 18.8. The smallest absolute Gasteiger partial charge is 0.137 e. The van der Waals surface area contributed by atoms with Gasteiger partial charge in [-0.1, -0.05) is 152 Å². The van der Waals surface area contributed by atoms with Crippen molar-refractivity contribution < 1.29 is 4.42 Å². The molecule has 0 aliphatic rings. The molecule has 0 amide bonds. The van der Waals surface area contributed by atoms with Crippen molar-refractivity contribution in [1.82, 2.24) is 0 Å². The molecule has 2 aromatic heterocycles. The Hall–Kier alpha value is -6.68. The summed E-state index contributed by atoms with van der Waals surface area (Å²) >= 11 is 1.88. The largest absolute Gasteiger partial charge is 0.456 e. The van der Waals surface area contributed by atoms with E-state index in [9.17, 15) is 0 Å². The van der Waals surface area contributed by atoms with Crippen LogP contribution < -0.4 is 4.90 Å². The Bertz CT molecular complexity index is 3180. The number of benzene rings is 9. The molecule has 9 aromatic carbocycles. The molecule has 53 heavy (non-hydrogen) atoms. The van der Waals surface area contributed by atoms with Crippen LogP contribution in [-0.2, 0) is 0 Å². The van der Waals surface area contributed by atoms with Crippen molar-refractivity contribution >= 4 is 92.1 Å². The fraction of sp³-hybridized carbons (Fsp3) is 0. The molecule has 3 heteroatoms. The van der Waals surface area contributed by atoms with E-state index in [1.807, 2.05) is 17.4 Å². The maximum atomic E-state index is 6.50. The minimum atomic E-state index is 0.875. The first-order valence-electron chi connectivity index (χ1n) is 18.0. The highest BCUT2D eigenvalue weighted by atomic mass is 32.1. The standard InChI is InChI=1S/C50H31NOS/c1-2-13-33(14-3-1)36-21-11-23-43-44-24-12-25-46(50(44)53-49(36)43)51(34-27-28-42-41-20-8-9-26-47(41)52-48(42)31-34)45-30-29-39(38-18-6-7-19-40(38)45)37-22-10-16-32-15-4-5-17-35(32)37/h1-31H. The Morgan fingerprint density at radius 3 is 1.87 bits per heavy atom. The minimum Gasteiger partial charge on any atom is -0.456 e. The number of thiophene rings is 1. The summed E-state index contributed by atoms with van der Waals surface area (Å²) in [6.45, 7) is 0. The normalized spacial score (nSPS) is 11.8. The zero-order valence-corrected chi connectivity index (χ0v) is 29.5. The quantitative estimate of drug-likeness (QED) is 0.178. The van der Waals surface area contributed by atoms with Gasteiger partial charge in [-0.05, 0) is 68.7 Å². The second kappa shape index (κ2) is 11.9. The summed E-state index contributed by atoms with van der Waals surface area (Å²) in [6, 6.07) is 67.9. The van der Waals surface area contributed by atoms with Crippen LogP contribution >= 0.6 is 11.3 Å². The van der Waals surface area contributed by atoms with E-state index in [2.05, 4.69) is 187 Å². The summed E-state index contributed by atoms with van der Waals surface area (Å²) < 4.78 is 9.04. The highest BCUT2D eigenvalue weighted by Crippen LogP contribution is 2.49. The second-order valence-corrected chi connectivity index (χ2v) is 14.6. The fourth-order valence-electron chi connectivity index (χ4n) is 8.26. The summed E-state index contributed by atoms with van der Waals surface area (Å²) in [7, 11) is 0. The Balaban J connectivity index is 1.20. The van der Waals surface area contributed by atoms with Crippen LogP contribution in [0.3, 0.4) is 0 Å². The second-order valence-electron chi connectivity index (χ2n) is 13.6. The van der Waals surface area contributed by atoms with Crippen molar-refractivity contribution in [2.24, 2.45) is 0 Å². The maximum Gasteiger partial charge on any atom is 0.137 e. The molecule has 0 N–H and O–H groups in total. The zero-order chi connectivity index (χ0) is 34.9. The van der Waals surface area contributed by atoms with Crippen molar-refractivity contribution in [1.29, 1.82) is 0 Å². The van der Waals surface area contributed by atoms with E-state index in [1.54, 1.807) is 0 Å². The van der Waals surface area contributed by atoms with Gasteiger partial charge in [-0.3, -0.25) is 0 Å². The third-order valence-electron chi connectivity index (χ3n) is 10.7. The first-order chi connectivity index (χ1) is 26.3. The van der Waals surface area contributed by atoms with Crippen molar-refractivity contribution in [3.63, 3.8) is 0 Å². The average molecular weight is 694 g/mol. The van der Waals surface area contributed by atoms with Crippen LogP contribution in [0.1, 0.15) is 0 Å². The van der Waals surface area contributed by atoms with Gasteiger partial charge in [0.1, 0.15) is 11.2 Å². The molecule has 0 atom stereocenters. The molecule has 2 nitrogen and oxygen atoms in total. The van der Waals surface area contributed by atoms with E-state index in [4.69, 9.17) is 4.42 Å². The van der Waals surface area contributed by atoms with Gasteiger partial charge in [0.25, 0.3) is 0 Å². The summed E-state index contributed by atoms with van der Waals surface area (Å²) in [6.07, 6.45) is 0. The molecule has 11 aromatic rings. The SMILES string of the molecule is c1ccc(-c2cccc3c2sc2c(N(c4ccc5c(c4)oc4ccccc45)c4ccc(-c5cccc6ccccc56)c5ccccc45)cccc23)cc1. The van der Waals surface area contributed by atoms with E-state index in [-0.39, 0.29) is 0 Å². The third-order valence-corrected chi connectivity index (χ3v) is 11.9. The zero-order valence-electron chi connectivity index (χ0n) is 28.7. The molecule has 2 heterocycles. The summed E-state index contributed by atoms with van der Waals surface area (Å²) in [5, 5.41) is 9.67. The lowest BCUT2D eigenvalue weighted by molar-refractivity contribution is 0.669. The van der Waals surface area contributed by atoms with Crippen LogP contribution in [-0.4, -0.2) is 0 Å². The highest BCUT2D eigenvalue weighted by Gasteiger charge is 2.23. The van der Waals surface area contributed by atoms with Crippen molar-refractivity contribution in [3.8, 4) is 22.3 Å². The highest BCUT2D eigenvalue weighted by molar-refractivity contribution is 7.27. The molecule has 248 valence electrons. The third kappa shape index (κ3) is 4.71. The van der Waals surface area contributed by atoms with Gasteiger partial charge < -0.3 is 9.32 Å². The minimum absolute atomic E-state index is 0.875. The van der Waals surface area contributed by atoms with Crippen LogP contribution in [0.4, 0.5) is 17.1 Å². The molecule has 0 bridgehead atoms. The number of nitrogens with zero attached hydrogens (tertiary/aromatic N) is 1. The first kappa shape index (κ1) is 30.0. The molecule has 0 unspecified atom stereocenters. The molecule has 11 rings (SSSR count). The van der Waals surface area contributed by atoms with E-state index >= 15 is 0 Å². The van der Waals surface area contributed by atoms with E-state index in [0.29, 0.717) is 0 Å². The molecule has 0 aliphatic heterocycles. The van der Waals surface area contributed by atoms with Crippen molar-refractivity contribution in [2.75, 3.05) is 4.90 Å². The Morgan fingerprint density at radius 1 is 0.358 bits per heavy atom. The lowest BCUT2D eigenvalue weighted by Gasteiger charge is -2.28. The average Bonchev–Trinajstić information content (AvgIpc) is 3.80. The predicted molar refractivity (Wildman–Crippen MR) is 227 cm³/mol. The van der Waals surface area contributed by atoms with Gasteiger partial charge in [0, 0.05) is 43.4 Å². The van der Waals surface area contributed by atoms with Gasteiger partial charge in [-0.25, -0.2) is 0 Å². The van der Waals surface area contributed by atoms with E-state index in [1.165, 1.54) is 64.0 Å². The topological polar surface area (TPSA) is 16.4 Å². The van der Waals surface area contributed by atoms with E-state index < -0.39 is 0 Å². The number of fused-ring (bicyclic) bond motifs is 8. The van der Waals surface area contributed by atoms with Gasteiger partial charge in [0.2, 0.25) is 0 Å². The monoisotopic (exact) mass is 693 g/mol. The molecule has 0 saturated heterocycles. The lowest BCUT2D eigenvalue weighted by atomic mass is 9.93. The van der Waals surface area contributed by atoms with Gasteiger partial charge in [-0.15, -0.1) is 11.3 Å². The Kier molecular flexibility index (Phi) is 6.76. The van der Waals surface area contributed by atoms with E-state index in [0.717, 1.165) is 39.0 Å².